The number of carbonyl (C=O) groups is 1. The van der Waals surface area contributed by atoms with Gasteiger partial charge in [-0.05, 0) is 19.8 Å². The van der Waals surface area contributed by atoms with Crippen molar-refractivity contribution < 1.29 is 14.1 Å². The molecule has 1 unspecified atom stereocenters. The molecule has 1 aromatic heterocycles. The highest BCUT2D eigenvalue weighted by Gasteiger charge is 2.35. The van der Waals surface area contributed by atoms with Crippen LogP contribution in [0.5, 0.6) is 0 Å². The molecule has 5 nitrogen and oxygen atoms in total. The molecule has 2 heterocycles. The van der Waals surface area contributed by atoms with Crippen molar-refractivity contribution in [2.24, 2.45) is 5.92 Å². The summed E-state index contributed by atoms with van der Waals surface area (Å²) in [6.07, 6.45) is -0.247. The first-order valence-electron chi connectivity index (χ1n) is 5.86. The zero-order valence-electron chi connectivity index (χ0n) is 10.7. The topological polar surface area (TPSA) is 55.6 Å². The molecule has 0 radical (unpaired) electrons. The predicted molar refractivity (Wildman–Crippen MR) is 61.5 cm³/mol. The minimum absolute atomic E-state index is 0.135. The molecule has 0 aromatic carbocycles. The van der Waals surface area contributed by atoms with Gasteiger partial charge in [-0.2, -0.15) is 0 Å². The van der Waals surface area contributed by atoms with Gasteiger partial charge in [-0.3, -0.25) is 4.90 Å². The number of hydrogen-bond donors (Lipinski definition) is 0. The highest BCUT2D eigenvalue weighted by molar-refractivity contribution is 5.70. The van der Waals surface area contributed by atoms with E-state index in [4.69, 9.17) is 9.26 Å². The van der Waals surface area contributed by atoms with Crippen LogP contribution in [0.25, 0.3) is 0 Å². The summed E-state index contributed by atoms with van der Waals surface area (Å²) >= 11 is 0. The number of ether oxygens (including phenoxy) is 1. The molecule has 1 aliphatic rings. The molecule has 0 N–H and O–H groups in total. The first-order chi connectivity index (χ1) is 8.00. The van der Waals surface area contributed by atoms with Crippen molar-refractivity contribution >= 4 is 6.09 Å². The van der Waals surface area contributed by atoms with Gasteiger partial charge in [0.1, 0.15) is 12.4 Å². The average Bonchev–Trinajstić information content (AvgIpc) is 2.77. The van der Waals surface area contributed by atoms with Crippen molar-refractivity contribution in [1.29, 1.82) is 0 Å². The smallest absolute Gasteiger partial charge is 0.410 e. The molecular weight excluding hydrogens is 220 g/mol. The standard InChI is InChI=1S/C12H18N2O3/c1-7(2)11-6-16-12(15)14(11)5-10-8(3)13-17-9(10)4/h7,11H,5-6H2,1-4H3. The summed E-state index contributed by atoms with van der Waals surface area (Å²) in [4.78, 5) is 13.5. The summed E-state index contributed by atoms with van der Waals surface area (Å²) in [7, 11) is 0. The number of rotatable bonds is 3. The maximum Gasteiger partial charge on any atom is 0.410 e. The van der Waals surface area contributed by atoms with Crippen LogP contribution in [-0.4, -0.2) is 28.8 Å². The molecule has 1 aromatic rings. The molecule has 17 heavy (non-hydrogen) atoms. The maximum atomic E-state index is 11.7. The van der Waals surface area contributed by atoms with Crippen molar-refractivity contribution in [3.63, 3.8) is 0 Å². The number of nitrogens with zero attached hydrogens (tertiary/aromatic N) is 2. The van der Waals surface area contributed by atoms with Gasteiger partial charge < -0.3 is 9.26 Å². The Balaban J connectivity index is 2.19. The molecule has 1 atom stereocenters. The van der Waals surface area contributed by atoms with Gasteiger partial charge in [0, 0.05) is 5.56 Å². The zero-order chi connectivity index (χ0) is 12.6. The number of aromatic nitrogens is 1. The molecule has 0 saturated carbocycles. The number of cyclic esters (lactones) is 1. The Morgan fingerprint density at radius 3 is 2.71 bits per heavy atom. The van der Waals surface area contributed by atoms with E-state index in [1.165, 1.54) is 0 Å². The molecule has 94 valence electrons. The van der Waals surface area contributed by atoms with E-state index in [-0.39, 0.29) is 12.1 Å². The van der Waals surface area contributed by atoms with Crippen LogP contribution >= 0.6 is 0 Å². The van der Waals surface area contributed by atoms with E-state index < -0.39 is 0 Å². The van der Waals surface area contributed by atoms with E-state index in [0.29, 0.717) is 19.1 Å². The van der Waals surface area contributed by atoms with Gasteiger partial charge in [-0.15, -0.1) is 0 Å². The second-order valence-corrected chi connectivity index (χ2v) is 4.82. The van der Waals surface area contributed by atoms with Crippen LogP contribution in [0, 0.1) is 19.8 Å². The minimum Gasteiger partial charge on any atom is -0.447 e. The van der Waals surface area contributed by atoms with Crippen LogP contribution < -0.4 is 0 Å². The Bertz CT molecular complexity index is 406. The summed E-state index contributed by atoms with van der Waals surface area (Å²) in [5.74, 6) is 1.15. The second kappa shape index (κ2) is 4.39. The third-order valence-electron chi connectivity index (χ3n) is 3.29. The third-order valence-corrected chi connectivity index (χ3v) is 3.29. The molecule has 1 saturated heterocycles. The van der Waals surface area contributed by atoms with Crippen LogP contribution in [0.3, 0.4) is 0 Å². The lowest BCUT2D eigenvalue weighted by atomic mass is 10.0. The van der Waals surface area contributed by atoms with Crippen LogP contribution in [0.4, 0.5) is 4.79 Å². The van der Waals surface area contributed by atoms with Crippen molar-refractivity contribution in [1.82, 2.24) is 10.1 Å². The summed E-state index contributed by atoms with van der Waals surface area (Å²) in [6, 6.07) is 0.135. The lowest BCUT2D eigenvalue weighted by Crippen LogP contribution is -2.36. The van der Waals surface area contributed by atoms with Crippen LogP contribution in [-0.2, 0) is 11.3 Å². The molecule has 1 amide bonds. The monoisotopic (exact) mass is 238 g/mol. The summed E-state index contributed by atoms with van der Waals surface area (Å²) in [5.41, 5.74) is 1.82. The number of aryl methyl sites for hydroxylation is 2. The number of amides is 1. The van der Waals surface area contributed by atoms with E-state index in [1.807, 2.05) is 13.8 Å². The normalized spacial score (nSPS) is 20.2. The molecule has 5 heteroatoms. The molecule has 1 aliphatic heterocycles. The van der Waals surface area contributed by atoms with E-state index in [0.717, 1.165) is 17.0 Å². The lowest BCUT2D eigenvalue weighted by Gasteiger charge is -2.24. The van der Waals surface area contributed by atoms with Crippen molar-refractivity contribution in [3.05, 3.63) is 17.0 Å². The fourth-order valence-corrected chi connectivity index (χ4v) is 2.10. The minimum atomic E-state index is -0.247. The first-order valence-corrected chi connectivity index (χ1v) is 5.86. The van der Waals surface area contributed by atoms with Crippen molar-refractivity contribution in [2.75, 3.05) is 6.61 Å². The first kappa shape index (κ1) is 12.0. The highest BCUT2D eigenvalue weighted by Crippen LogP contribution is 2.24. The van der Waals surface area contributed by atoms with E-state index in [1.54, 1.807) is 4.90 Å². The lowest BCUT2D eigenvalue weighted by molar-refractivity contribution is 0.154. The maximum absolute atomic E-state index is 11.7. The molecule has 0 aliphatic carbocycles. The number of hydrogen-bond acceptors (Lipinski definition) is 4. The Morgan fingerprint density at radius 2 is 2.18 bits per heavy atom. The molecule has 1 fully saturated rings. The highest BCUT2D eigenvalue weighted by atomic mass is 16.6. The predicted octanol–water partition coefficient (Wildman–Crippen LogP) is 2.27. The molecule has 0 bridgehead atoms. The quantitative estimate of drug-likeness (QED) is 0.810. The van der Waals surface area contributed by atoms with E-state index in [2.05, 4.69) is 19.0 Å². The van der Waals surface area contributed by atoms with Crippen LogP contribution in [0.15, 0.2) is 4.52 Å². The average molecular weight is 238 g/mol. The van der Waals surface area contributed by atoms with Crippen molar-refractivity contribution in [2.45, 2.75) is 40.3 Å². The van der Waals surface area contributed by atoms with Crippen LogP contribution in [0.1, 0.15) is 30.9 Å². The molecule has 0 spiro atoms. The molecular formula is C12H18N2O3. The van der Waals surface area contributed by atoms with Gasteiger partial charge in [0.05, 0.1) is 18.3 Å². The molecule has 2 rings (SSSR count). The summed E-state index contributed by atoms with van der Waals surface area (Å²) in [6.45, 7) is 8.92. The van der Waals surface area contributed by atoms with E-state index in [9.17, 15) is 4.79 Å². The van der Waals surface area contributed by atoms with Crippen LogP contribution in [0.2, 0.25) is 0 Å². The van der Waals surface area contributed by atoms with Gasteiger partial charge >= 0.3 is 6.09 Å². The fourth-order valence-electron chi connectivity index (χ4n) is 2.10. The fraction of sp³-hybridized carbons (Fsp3) is 0.667. The summed E-state index contributed by atoms with van der Waals surface area (Å²) in [5, 5.41) is 3.90. The van der Waals surface area contributed by atoms with Gasteiger partial charge in [0.15, 0.2) is 0 Å². The summed E-state index contributed by atoms with van der Waals surface area (Å²) < 4.78 is 10.2. The Hall–Kier alpha value is -1.52. The van der Waals surface area contributed by atoms with Gasteiger partial charge in [-0.1, -0.05) is 19.0 Å². The van der Waals surface area contributed by atoms with Gasteiger partial charge in [0.2, 0.25) is 0 Å². The SMILES string of the molecule is Cc1noc(C)c1CN1C(=O)OCC1C(C)C. The van der Waals surface area contributed by atoms with Crippen molar-refractivity contribution in [3.8, 4) is 0 Å². The third kappa shape index (κ3) is 2.14. The Labute approximate surface area is 101 Å². The second-order valence-electron chi connectivity index (χ2n) is 4.82. The van der Waals surface area contributed by atoms with Gasteiger partial charge in [0.25, 0.3) is 0 Å². The Morgan fingerprint density at radius 1 is 1.47 bits per heavy atom. The zero-order valence-corrected chi connectivity index (χ0v) is 10.7. The number of carbonyl (C=O) groups excluding carboxylic acids is 1. The van der Waals surface area contributed by atoms with Gasteiger partial charge in [-0.25, -0.2) is 4.79 Å². The Kier molecular flexibility index (Phi) is 3.09. The largest absolute Gasteiger partial charge is 0.447 e. The van der Waals surface area contributed by atoms with E-state index >= 15 is 0 Å².